The molecule has 0 aromatic carbocycles. The quantitative estimate of drug-likeness (QED) is 0.224. The van der Waals surface area contributed by atoms with Crippen LogP contribution in [0.1, 0.15) is 0 Å². The van der Waals surface area contributed by atoms with Gasteiger partial charge in [-0.1, -0.05) is 0 Å². The number of hydrogen-bond acceptors (Lipinski definition) is 10. The van der Waals surface area contributed by atoms with Gasteiger partial charge in [0.2, 0.25) is 0 Å². The highest BCUT2D eigenvalue weighted by Gasteiger charge is 2.51. The minimum absolute atomic E-state index is 0.0319. The molecule has 10 nitrogen and oxygen atoms in total. The zero-order chi connectivity index (χ0) is 16.4. The molecule has 3 aliphatic rings. The molecule has 9 N–H and O–H groups in total. The minimum Gasteiger partial charge on any atom is -0.387 e. The van der Waals surface area contributed by atoms with Gasteiger partial charge < -0.3 is 31.3 Å². The van der Waals surface area contributed by atoms with Crippen LogP contribution in [0.15, 0.2) is 0 Å². The van der Waals surface area contributed by atoms with Gasteiger partial charge in [-0.05, 0) is 7.05 Å². The average Bonchev–Trinajstić information content (AvgIpc) is 3.09. The third kappa shape index (κ3) is 3.51. The first-order chi connectivity index (χ1) is 11.1. The van der Waals surface area contributed by atoms with Gasteiger partial charge in [0.1, 0.15) is 24.5 Å². The highest BCUT2D eigenvalue weighted by atomic mass is 16.6. The lowest BCUT2D eigenvalue weighted by atomic mass is 10.1. The number of hydrogen-bond donors (Lipinski definition) is 8. The summed E-state index contributed by atoms with van der Waals surface area (Å²) in [6.07, 6.45) is -3.03. The molecule has 3 fully saturated rings. The number of likely N-dealkylation sites (N-methyl/N-ethyl adjacent to an activating group) is 1. The second-order valence-corrected chi connectivity index (χ2v) is 6.31. The topological polar surface area (TPSA) is 139 Å². The zero-order valence-corrected chi connectivity index (χ0v) is 13.4. The van der Waals surface area contributed by atoms with Crippen molar-refractivity contribution in [2.45, 2.75) is 42.9 Å². The van der Waals surface area contributed by atoms with Crippen molar-refractivity contribution in [1.82, 2.24) is 31.5 Å². The molecule has 0 saturated carbocycles. The fraction of sp³-hybridized carbons (Fsp3) is 1.00. The van der Waals surface area contributed by atoms with E-state index in [0.717, 1.165) is 13.1 Å². The molecular weight excluding hydrogens is 302 g/mol. The van der Waals surface area contributed by atoms with Gasteiger partial charge in [-0.25, -0.2) is 4.90 Å². The summed E-state index contributed by atoms with van der Waals surface area (Å²) in [6.45, 7) is 3.26. The van der Waals surface area contributed by atoms with Crippen LogP contribution in [0.5, 0.6) is 0 Å². The second-order valence-electron chi connectivity index (χ2n) is 6.31. The van der Waals surface area contributed by atoms with E-state index in [1.165, 1.54) is 0 Å². The maximum Gasteiger partial charge on any atom is 0.142 e. The van der Waals surface area contributed by atoms with Crippen molar-refractivity contribution >= 4 is 0 Å². The third-order valence-corrected chi connectivity index (χ3v) is 4.80. The maximum absolute atomic E-state index is 10.4. The van der Waals surface area contributed by atoms with Crippen molar-refractivity contribution in [1.29, 1.82) is 0 Å². The predicted octanol–water partition coefficient (Wildman–Crippen LogP) is -4.77. The lowest BCUT2D eigenvalue weighted by Gasteiger charge is -2.38. The lowest BCUT2D eigenvalue weighted by Crippen LogP contribution is -2.68. The highest BCUT2D eigenvalue weighted by molar-refractivity contribution is 5.01. The minimum atomic E-state index is -0.945. The van der Waals surface area contributed by atoms with Crippen LogP contribution in [0.2, 0.25) is 0 Å². The molecular formula is C13H29N7O3. The van der Waals surface area contributed by atoms with Gasteiger partial charge in [-0.3, -0.25) is 16.0 Å². The van der Waals surface area contributed by atoms with Crippen molar-refractivity contribution in [3.05, 3.63) is 0 Å². The number of rotatable bonds is 6. The van der Waals surface area contributed by atoms with Gasteiger partial charge in [0.25, 0.3) is 0 Å². The molecule has 7 atom stereocenters. The summed E-state index contributed by atoms with van der Waals surface area (Å²) in [5.41, 5.74) is 6.06. The van der Waals surface area contributed by atoms with Gasteiger partial charge in [0.05, 0.1) is 25.0 Å². The number of nitrogens with zero attached hydrogens (tertiary/aromatic N) is 1. The molecule has 0 radical (unpaired) electrons. The summed E-state index contributed by atoms with van der Waals surface area (Å²) in [5, 5.41) is 36.7. The van der Waals surface area contributed by atoms with Crippen LogP contribution < -0.4 is 32.3 Å². The summed E-state index contributed by atoms with van der Waals surface area (Å²) < 4.78 is 5.94. The number of nitrogens with one attached hydrogen (secondary N) is 5. The molecule has 10 heteroatoms. The Labute approximate surface area is 136 Å². The molecule has 3 rings (SSSR count). The average molecular weight is 331 g/mol. The van der Waals surface area contributed by atoms with Crippen molar-refractivity contribution in [2.75, 3.05) is 40.0 Å². The Morgan fingerprint density at radius 3 is 2.83 bits per heavy atom. The van der Waals surface area contributed by atoms with E-state index in [9.17, 15) is 10.2 Å². The van der Waals surface area contributed by atoms with Crippen LogP contribution in [-0.2, 0) is 4.74 Å². The fourth-order valence-corrected chi connectivity index (χ4v) is 3.48. The summed E-state index contributed by atoms with van der Waals surface area (Å²) in [6, 6.07) is 0.0319. The maximum atomic E-state index is 10.4. The van der Waals surface area contributed by atoms with E-state index < -0.39 is 24.5 Å². The van der Waals surface area contributed by atoms with E-state index in [1.807, 2.05) is 11.9 Å². The van der Waals surface area contributed by atoms with E-state index in [0.29, 0.717) is 19.9 Å². The number of fused-ring (bicyclic) bond motifs is 1. The molecule has 0 bridgehead atoms. The smallest absolute Gasteiger partial charge is 0.142 e. The molecule has 3 unspecified atom stereocenters. The SMILES string of the molecule is CNCCNC[C@H]1O[C@@H](N2CNC3C(N)NCNC32)[C@H](O)[C@@H]1O. The Kier molecular flexibility index (Phi) is 5.80. The van der Waals surface area contributed by atoms with E-state index in [2.05, 4.69) is 26.6 Å². The standard InChI is InChI=1S/C13H29N7O3/c1-15-2-3-16-4-7-9(21)10(22)13(23-7)20-6-19-8-11(14)17-5-18-12(8)20/h7-13,15-19,21-22H,2-6,14H2,1H3/t7-,8?,9-,10-,11?,12?,13-/m1/s1. The summed E-state index contributed by atoms with van der Waals surface area (Å²) in [4.78, 5) is 1.99. The first kappa shape index (κ1) is 17.4. The molecule has 3 aliphatic heterocycles. The molecule has 0 amide bonds. The van der Waals surface area contributed by atoms with Gasteiger partial charge in [0, 0.05) is 26.3 Å². The van der Waals surface area contributed by atoms with Crippen LogP contribution in [0.3, 0.4) is 0 Å². The Morgan fingerprint density at radius 2 is 2.04 bits per heavy atom. The van der Waals surface area contributed by atoms with Crippen LogP contribution in [-0.4, -0.2) is 98.0 Å². The number of ether oxygens (including phenoxy) is 1. The van der Waals surface area contributed by atoms with Gasteiger partial charge in [-0.15, -0.1) is 0 Å². The van der Waals surface area contributed by atoms with Crippen molar-refractivity contribution < 1.29 is 14.9 Å². The van der Waals surface area contributed by atoms with E-state index in [1.54, 1.807) is 0 Å². The Morgan fingerprint density at radius 1 is 1.22 bits per heavy atom. The molecule has 0 aromatic heterocycles. The van der Waals surface area contributed by atoms with E-state index >= 15 is 0 Å². The molecule has 0 spiro atoms. The molecule has 0 aromatic rings. The van der Waals surface area contributed by atoms with Crippen LogP contribution in [0.4, 0.5) is 0 Å². The Bertz CT molecular complexity index is 391. The van der Waals surface area contributed by atoms with Gasteiger partial charge in [-0.2, -0.15) is 0 Å². The lowest BCUT2D eigenvalue weighted by molar-refractivity contribution is -0.102. The zero-order valence-electron chi connectivity index (χ0n) is 13.4. The first-order valence-electron chi connectivity index (χ1n) is 8.22. The monoisotopic (exact) mass is 331 g/mol. The van der Waals surface area contributed by atoms with Crippen molar-refractivity contribution in [3.8, 4) is 0 Å². The number of aliphatic hydroxyl groups excluding tert-OH is 2. The Balaban J connectivity index is 1.57. The molecule has 134 valence electrons. The number of aliphatic hydroxyl groups is 2. The van der Waals surface area contributed by atoms with E-state index in [4.69, 9.17) is 10.5 Å². The van der Waals surface area contributed by atoms with Crippen LogP contribution in [0.25, 0.3) is 0 Å². The second kappa shape index (κ2) is 7.66. The summed E-state index contributed by atoms with van der Waals surface area (Å²) >= 11 is 0. The van der Waals surface area contributed by atoms with E-state index in [-0.39, 0.29) is 18.4 Å². The first-order valence-corrected chi connectivity index (χ1v) is 8.22. The molecule has 0 aliphatic carbocycles. The van der Waals surface area contributed by atoms with Crippen molar-refractivity contribution in [3.63, 3.8) is 0 Å². The molecule has 3 heterocycles. The highest BCUT2D eigenvalue weighted by Crippen LogP contribution is 2.28. The number of nitrogens with two attached hydrogens (primary N) is 1. The third-order valence-electron chi connectivity index (χ3n) is 4.80. The summed E-state index contributed by atoms with van der Waals surface area (Å²) in [7, 11) is 1.88. The molecule has 23 heavy (non-hydrogen) atoms. The summed E-state index contributed by atoms with van der Waals surface area (Å²) in [5.74, 6) is 0. The predicted molar refractivity (Wildman–Crippen MR) is 84.0 cm³/mol. The normalized spacial score (nSPS) is 44.6. The largest absolute Gasteiger partial charge is 0.387 e. The van der Waals surface area contributed by atoms with Gasteiger partial charge >= 0.3 is 0 Å². The fourth-order valence-electron chi connectivity index (χ4n) is 3.48. The van der Waals surface area contributed by atoms with Crippen LogP contribution >= 0.6 is 0 Å². The van der Waals surface area contributed by atoms with Crippen LogP contribution in [0, 0.1) is 0 Å². The Hall–Kier alpha value is -0.400. The van der Waals surface area contributed by atoms with Crippen molar-refractivity contribution in [2.24, 2.45) is 5.73 Å². The molecule has 3 saturated heterocycles. The van der Waals surface area contributed by atoms with Gasteiger partial charge in [0.15, 0.2) is 0 Å².